The zero-order valence-electron chi connectivity index (χ0n) is 31.4. The molecule has 56 heavy (non-hydrogen) atoms. The molecule has 10 nitrogen and oxygen atoms in total. The van der Waals surface area contributed by atoms with Crippen molar-refractivity contribution in [2.45, 2.75) is 98.1 Å². The van der Waals surface area contributed by atoms with Gasteiger partial charge in [0.2, 0.25) is 6.29 Å². The molecule has 2 saturated heterocycles. The minimum absolute atomic E-state index is 0.0858. The summed E-state index contributed by atoms with van der Waals surface area (Å²) in [5, 5.41) is 1.21. The number of halogens is 6. The molecule has 0 spiro atoms. The van der Waals surface area contributed by atoms with E-state index >= 15 is 0 Å². The summed E-state index contributed by atoms with van der Waals surface area (Å²) in [7, 11) is -3.39. The fourth-order valence-corrected chi connectivity index (χ4v) is 12.9. The lowest BCUT2D eigenvalue weighted by molar-refractivity contribution is -0.267. The highest BCUT2D eigenvalue weighted by Gasteiger charge is 2.66. The minimum atomic E-state index is -5.15. The number of nitrogens with zero attached hydrogens (tertiary/aromatic N) is 1. The van der Waals surface area contributed by atoms with E-state index in [0.717, 1.165) is 22.3 Å². The number of rotatable bonds is 6. The Morgan fingerprint density at radius 1 is 0.839 bits per heavy atom. The second-order valence-electron chi connectivity index (χ2n) is 15.8. The van der Waals surface area contributed by atoms with Crippen molar-refractivity contribution in [2.75, 3.05) is 13.2 Å². The first-order chi connectivity index (χ1) is 26.1. The van der Waals surface area contributed by atoms with Crippen LogP contribution in [0.15, 0.2) is 83.9 Å². The number of hydrogen-bond donors (Lipinski definition) is 1. The normalized spacial score (nSPS) is 24.0. The molecular weight excluding hydrogens is 816 g/mol. The van der Waals surface area contributed by atoms with Gasteiger partial charge in [-0.15, -0.1) is 0 Å². The number of benzene rings is 3. The van der Waals surface area contributed by atoms with Crippen molar-refractivity contribution >= 4 is 67.0 Å². The van der Waals surface area contributed by atoms with Crippen molar-refractivity contribution in [3.63, 3.8) is 0 Å². The summed E-state index contributed by atoms with van der Waals surface area (Å²) in [5.74, 6) is -3.33. The summed E-state index contributed by atoms with van der Waals surface area (Å²) in [6, 6.07) is 20.9. The summed E-state index contributed by atoms with van der Waals surface area (Å²) in [6.07, 6.45) is -12.4. The number of amides is 1. The zero-order chi connectivity index (χ0) is 40.8. The molecule has 2 aliphatic heterocycles. The number of carbonyl (C=O) groups is 2. The molecule has 6 rings (SSSR count). The van der Waals surface area contributed by atoms with Gasteiger partial charge in [-0.25, -0.2) is 9.79 Å². The van der Waals surface area contributed by atoms with Crippen molar-refractivity contribution in [1.29, 1.82) is 0 Å². The molecule has 3 aromatic rings. The summed E-state index contributed by atoms with van der Waals surface area (Å²) < 4.78 is 78.0. The molecule has 0 saturated carbocycles. The Bertz CT molecular complexity index is 1890. The molecule has 302 valence electrons. The summed E-state index contributed by atoms with van der Waals surface area (Å²) in [5.41, 5.74) is 3.77. The molecule has 17 heteroatoms. The maximum absolute atomic E-state index is 14.6. The van der Waals surface area contributed by atoms with Gasteiger partial charge < -0.3 is 33.1 Å². The molecule has 0 radical (unpaired) electrons. The quantitative estimate of drug-likeness (QED) is 0.0858. The van der Waals surface area contributed by atoms with Crippen molar-refractivity contribution in [3.8, 4) is 11.1 Å². The molecule has 5 atom stereocenters. The van der Waals surface area contributed by atoms with E-state index in [-0.39, 0.29) is 24.8 Å². The number of hydrogen-bond acceptors (Lipinski definition) is 9. The third kappa shape index (κ3) is 8.57. The molecule has 2 fully saturated rings. The van der Waals surface area contributed by atoms with Gasteiger partial charge in [0.05, 0.1) is 12.3 Å². The monoisotopic (exact) mass is 856 g/mol. The van der Waals surface area contributed by atoms with Crippen LogP contribution < -0.4 is 5.32 Å². The van der Waals surface area contributed by atoms with Gasteiger partial charge in [-0.2, -0.15) is 13.2 Å². The molecule has 1 N–H and O–H groups in total. The second-order valence-corrected chi connectivity index (χ2v) is 22.8. The largest absolute Gasteiger partial charge is 0.508 e. The van der Waals surface area contributed by atoms with Crippen LogP contribution in [0.25, 0.3) is 11.1 Å². The van der Waals surface area contributed by atoms with E-state index in [1.54, 1.807) is 6.07 Å². The van der Waals surface area contributed by atoms with Gasteiger partial charge >= 0.3 is 20.9 Å². The van der Waals surface area contributed by atoms with E-state index in [2.05, 4.69) is 10.3 Å². The van der Waals surface area contributed by atoms with Crippen molar-refractivity contribution < 1.29 is 50.6 Å². The number of para-hydroxylation sites is 1. The van der Waals surface area contributed by atoms with E-state index in [1.165, 1.54) is 24.3 Å². The highest BCUT2D eigenvalue weighted by atomic mass is 35.6. The lowest BCUT2D eigenvalue weighted by Crippen LogP contribution is -2.74. The van der Waals surface area contributed by atoms with Gasteiger partial charge in [0, 0.05) is 16.0 Å². The first kappa shape index (κ1) is 42.2. The topological polar surface area (TPSA) is 114 Å². The molecule has 0 unspecified atom stereocenters. The number of ether oxygens (including phenoxy) is 4. The van der Waals surface area contributed by atoms with Crippen LogP contribution in [0.5, 0.6) is 0 Å². The van der Waals surface area contributed by atoms with E-state index in [4.69, 9.17) is 62.6 Å². The van der Waals surface area contributed by atoms with Crippen LogP contribution in [0.2, 0.25) is 10.1 Å². The Morgan fingerprint density at radius 3 is 1.93 bits per heavy atom. The number of alkyl halides is 6. The predicted molar refractivity (Wildman–Crippen MR) is 208 cm³/mol. The second kappa shape index (κ2) is 15.8. The Hall–Kier alpha value is -3.37. The van der Waals surface area contributed by atoms with Crippen molar-refractivity contribution in [2.24, 2.45) is 4.99 Å². The van der Waals surface area contributed by atoms with Crippen LogP contribution in [0.1, 0.15) is 58.6 Å². The molecule has 2 heterocycles. The Kier molecular flexibility index (Phi) is 11.9. The molecule has 0 aromatic heterocycles. The summed E-state index contributed by atoms with van der Waals surface area (Å²) >= 11 is 17.9. The lowest BCUT2D eigenvalue weighted by Gasteiger charge is -2.57. The molecule has 0 bridgehead atoms. The lowest BCUT2D eigenvalue weighted by atomic mass is 9.96. The average Bonchev–Trinajstić information content (AvgIpc) is 3.43. The highest BCUT2D eigenvalue weighted by Crippen LogP contribution is 2.55. The molecular formula is C39H42Cl3F3N2O8Si. The minimum Gasteiger partial charge on any atom is -0.442 e. The van der Waals surface area contributed by atoms with Gasteiger partial charge in [-0.1, -0.05) is 143 Å². The number of nitrogens with one attached hydrogen (secondary N) is 1. The first-order valence-electron chi connectivity index (χ1n) is 17.8. The van der Waals surface area contributed by atoms with E-state index in [0.29, 0.717) is 0 Å². The van der Waals surface area contributed by atoms with Gasteiger partial charge in [-0.05, 0) is 34.4 Å². The molecule has 3 aromatic carbocycles. The van der Waals surface area contributed by atoms with Gasteiger partial charge in [0.25, 0.3) is 15.6 Å². The number of aliphatic imine (C=N–C) groups is 1. The summed E-state index contributed by atoms with van der Waals surface area (Å²) in [6.45, 7) is 11.3. The predicted octanol–water partition coefficient (Wildman–Crippen LogP) is 9.67. The van der Waals surface area contributed by atoms with Crippen LogP contribution in [-0.4, -0.2) is 80.3 Å². The van der Waals surface area contributed by atoms with E-state index in [9.17, 15) is 22.8 Å². The SMILES string of the molecule is CC(C)(C)[Si]1(C(C)(C)C)OC[C@H]2O[C@@H](OC(=Nc3ccccc3)C(F)(F)F)[C@H](NC(=O)C(Cl)(Cl)Cl)[C@@H](OC(=O)OCC3c4ccccc4-c4ccccc43)[C@@H]2O1. The fourth-order valence-electron chi connectivity index (χ4n) is 7.77. The average molecular weight is 858 g/mol. The highest BCUT2D eigenvalue weighted by molar-refractivity contribution is 6.76. The van der Waals surface area contributed by atoms with Crippen molar-refractivity contribution in [1.82, 2.24) is 5.32 Å². The third-order valence-electron chi connectivity index (χ3n) is 9.95. The number of fused-ring (bicyclic) bond motifs is 4. The molecule has 3 aliphatic rings. The van der Waals surface area contributed by atoms with Crippen LogP contribution in [0, 0.1) is 0 Å². The van der Waals surface area contributed by atoms with Gasteiger partial charge in [0.15, 0.2) is 6.10 Å². The molecule has 1 amide bonds. The third-order valence-corrected chi connectivity index (χ3v) is 15.6. The Balaban J connectivity index is 1.39. The van der Waals surface area contributed by atoms with Crippen LogP contribution in [0.4, 0.5) is 23.7 Å². The van der Waals surface area contributed by atoms with Crippen LogP contribution in [0.3, 0.4) is 0 Å². The Labute approximate surface area is 339 Å². The fraction of sp³-hybridized carbons (Fsp3) is 0.462. The van der Waals surface area contributed by atoms with E-state index in [1.807, 2.05) is 90.1 Å². The standard InChI is InChI=1S/C39H42Cl3F3N2O8Si/c1-36(2,3)56(37(4,5)6)51-21-28-30(55-56)31(53-35(49)50-20-27-25-18-12-10-16-23(25)24-17-11-13-19-26(24)27)29(47-33(48)38(40,41)42)32(52-28)54-34(39(43,44)45)46-22-14-8-7-9-15-22/h7-19,27-32H,20-21H2,1-6H3,(H,47,48)/t28-,29-,30-,31-,32+/m1/s1. The van der Waals surface area contributed by atoms with Crippen LogP contribution in [-0.2, 0) is 32.6 Å². The van der Waals surface area contributed by atoms with E-state index < -0.39 is 77.2 Å². The zero-order valence-corrected chi connectivity index (χ0v) is 34.6. The van der Waals surface area contributed by atoms with Gasteiger partial charge in [-0.3, -0.25) is 4.79 Å². The van der Waals surface area contributed by atoms with Crippen LogP contribution >= 0.6 is 34.8 Å². The smallest absolute Gasteiger partial charge is 0.442 e. The van der Waals surface area contributed by atoms with Crippen molar-refractivity contribution in [3.05, 3.63) is 90.0 Å². The first-order valence-corrected chi connectivity index (χ1v) is 20.8. The Morgan fingerprint density at radius 2 is 1.39 bits per heavy atom. The maximum Gasteiger partial charge on any atom is 0.508 e. The summed E-state index contributed by atoms with van der Waals surface area (Å²) in [4.78, 5) is 30.9. The number of carbonyl (C=O) groups excluding carboxylic acids is 2. The maximum atomic E-state index is 14.6. The molecule has 1 aliphatic carbocycles. The van der Waals surface area contributed by atoms with Gasteiger partial charge in [0.1, 0.15) is 24.9 Å².